The maximum Gasteiger partial charge on any atom is 0.410 e. The number of benzene rings is 2. The summed E-state index contributed by atoms with van der Waals surface area (Å²) in [4.78, 5) is 53.3. The van der Waals surface area contributed by atoms with E-state index in [-0.39, 0.29) is 40.7 Å². The number of piperazine rings is 1. The molecule has 12 nitrogen and oxygen atoms in total. The van der Waals surface area contributed by atoms with E-state index < -0.39 is 29.6 Å². The molecule has 2 aliphatic rings. The van der Waals surface area contributed by atoms with Crippen molar-refractivity contribution < 1.29 is 41.4 Å². The van der Waals surface area contributed by atoms with Crippen LogP contribution in [-0.4, -0.2) is 98.5 Å². The van der Waals surface area contributed by atoms with Gasteiger partial charge in [-0.1, -0.05) is 6.92 Å². The van der Waals surface area contributed by atoms with Crippen molar-refractivity contribution in [3.63, 3.8) is 0 Å². The van der Waals surface area contributed by atoms with Gasteiger partial charge in [0.15, 0.2) is 23.0 Å². The van der Waals surface area contributed by atoms with Crippen LogP contribution in [0.2, 0.25) is 0 Å². The van der Waals surface area contributed by atoms with Crippen LogP contribution in [0, 0.1) is 17.6 Å². The van der Waals surface area contributed by atoms with E-state index in [1.54, 1.807) is 26.8 Å². The molecule has 4 aromatic rings. The molecule has 3 amide bonds. The van der Waals surface area contributed by atoms with E-state index in [0.29, 0.717) is 75.6 Å². The van der Waals surface area contributed by atoms with Crippen LogP contribution in [0.25, 0.3) is 16.9 Å². The lowest BCUT2D eigenvalue weighted by molar-refractivity contribution is -0.138. The molecule has 0 unspecified atom stereocenters. The van der Waals surface area contributed by atoms with Gasteiger partial charge in [0.25, 0.3) is 5.91 Å². The van der Waals surface area contributed by atoms with Crippen molar-refractivity contribution in [1.82, 2.24) is 29.1 Å². The van der Waals surface area contributed by atoms with E-state index in [4.69, 9.17) is 4.74 Å². The molecule has 282 valence electrons. The molecule has 53 heavy (non-hydrogen) atoms. The molecule has 0 atom stereocenters. The van der Waals surface area contributed by atoms with Gasteiger partial charge < -0.3 is 29.5 Å². The lowest BCUT2D eigenvalue weighted by Crippen LogP contribution is -2.53. The van der Waals surface area contributed by atoms with E-state index in [1.807, 2.05) is 33.8 Å². The molecule has 2 aromatic heterocycles. The first kappa shape index (κ1) is 37.4. The van der Waals surface area contributed by atoms with Crippen LogP contribution in [-0.2, 0) is 16.0 Å². The molecule has 2 saturated heterocycles. The molecule has 1 N–H and O–H groups in total. The summed E-state index contributed by atoms with van der Waals surface area (Å²) in [5, 5.41) is 3.20. The summed E-state index contributed by atoms with van der Waals surface area (Å²) in [7, 11) is 0. The number of hydrogen-bond donors (Lipinski definition) is 1. The Kier molecular flexibility index (Phi) is 10.8. The van der Waals surface area contributed by atoms with E-state index in [0.717, 1.165) is 17.7 Å². The number of rotatable bonds is 8. The Bertz CT molecular complexity index is 2000. The third-order valence-corrected chi connectivity index (χ3v) is 9.32. The summed E-state index contributed by atoms with van der Waals surface area (Å²) >= 11 is 0. The van der Waals surface area contributed by atoms with Crippen LogP contribution in [0.15, 0.2) is 48.9 Å². The number of alkyl halides is 2. The van der Waals surface area contributed by atoms with Gasteiger partial charge in [0.1, 0.15) is 5.60 Å². The molecular weight excluding hydrogens is 698 g/mol. The van der Waals surface area contributed by atoms with Crippen LogP contribution in [0.3, 0.4) is 0 Å². The number of aromatic nitrogens is 3. The number of halogens is 4. The number of hydrogen-bond acceptors (Lipinski definition) is 8. The first-order valence-electron chi connectivity index (χ1n) is 17.4. The zero-order chi connectivity index (χ0) is 38.0. The molecule has 0 bridgehead atoms. The van der Waals surface area contributed by atoms with E-state index >= 15 is 0 Å². The summed E-state index contributed by atoms with van der Waals surface area (Å²) in [6.45, 7) is 6.67. The Morgan fingerprint density at radius 2 is 1.62 bits per heavy atom. The van der Waals surface area contributed by atoms with Crippen LogP contribution >= 0.6 is 0 Å². The molecule has 0 aliphatic carbocycles. The van der Waals surface area contributed by atoms with Gasteiger partial charge in [0.05, 0.1) is 11.9 Å². The zero-order valence-electron chi connectivity index (χ0n) is 29.9. The van der Waals surface area contributed by atoms with Gasteiger partial charge >= 0.3 is 12.7 Å². The highest BCUT2D eigenvalue weighted by Crippen LogP contribution is 2.33. The number of aryl methyl sites for hydroxylation is 1. The predicted molar refractivity (Wildman–Crippen MR) is 187 cm³/mol. The molecule has 0 spiro atoms. The summed E-state index contributed by atoms with van der Waals surface area (Å²) in [6.07, 6.45) is 5.54. The number of imidazole rings is 1. The van der Waals surface area contributed by atoms with Crippen LogP contribution < -0.4 is 10.1 Å². The van der Waals surface area contributed by atoms with Crippen molar-refractivity contribution in [1.29, 1.82) is 0 Å². The summed E-state index contributed by atoms with van der Waals surface area (Å²) < 4.78 is 65.6. The van der Waals surface area contributed by atoms with Crippen molar-refractivity contribution >= 4 is 35.1 Å². The smallest absolute Gasteiger partial charge is 0.410 e. The van der Waals surface area contributed by atoms with Crippen molar-refractivity contribution in [2.75, 3.05) is 44.6 Å². The monoisotopic (exact) mass is 739 g/mol. The SMILES string of the molecule is CCc1cc(Nc2nccn3c(-c4ccc(OC(F)F)c(F)c4F)cnc23)ccc1C(=O)N1CCC(C(=O)N2CCN(C(=O)OC(C)(C)C)CC2)CC1. The highest BCUT2D eigenvalue weighted by molar-refractivity contribution is 5.96. The summed E-state index contributed by atoms with van der Waals surface area (Å²) in [5.41, 5.74) is 1.61. The van der Waals surface area contributed by atoms with Gasteiger partial charge in [-0.3, -0.25) is 14.0 Å². The average Bonchev–Trinajstić information content (AvgIpc) is 3.57. The standard InChI is InChI=1S/C37H41F4N7O5/c1-5-22-20-24(44-31-32-43-21-27(48(32)15-12-42-31)26-8-9-28(52-35(40)41)30(39)29(26)38)6-7-25(22)34(50)45-13-10-23(11-14-45)33(49)46-16-18-47(19-17-46)36(51)53-37(2,3)4/h6-9,12,15,20-21,23,35H,5,10-11,13-14,16-19H2,1-4H3,(H,42,44). The number of likely N-dealkylation sites (tertiary alicyclic amines) is 1. The fourth-order valence-corrected chi connectivity index (χ4v) is 6.63. The van der Waals surface area contributed by atoms with Crippen LogP contribution in [0.1, 0.15) is 56.5 Å². The number of fused-ring (bicyclic) bond motifs is 1. The first-order valence-corrected chi connectivity index (χ1v) is 17.4. The van der Waals surface area contributed by atoms with Gasteiger partial charge in [-0.2, -0.15) is 13.2 Å². The molecule has 2 aromatic carbocycles. The fraction of sp³-hybridized carbons (Fsp3) is 0.432. The van der Waals surface area contributed by atoms with Crippen LogP contribution in [0.4, 0.5) is 33.9 Å². The second-order valence-electron chi connectivity index (χ2n) is 13.9. The highest BCUT2D eigenvalue weighted by Gasteiger charge is 2.34. The van der Waals surface area contributed by atoms with E-state index in [2.05, 4.69) is 20.0 Å². The Hall–Kier alpha value is -5.41. The molecule has 6 rings (SSSR count). The van der Waals surface area contributed by atoms with Crippen molar-refractivity contribution in [2.24, 2.45) is 5.92 Å². The number of nitrogens with zero attached hydrogens (tertiary/aromatic N) is 6. The first-order chi connectivity index (χ1) is 25.2. The second-order valence-corrected chi connectivity index (χ2v) is 13.9. The molecular formula is C37H41F4N7O5. The quantitative estimate of drug-likeness (QED) is 0.203. The van der Waals surface area contributed by atoms with E-state index in [9.17, 15) is 31.9 Å². The second kappa shape index (κ2) is 15.3. The Balaban J connectivity index is 1.09. The zero-order valence-corrected chi connectivity index (χ0v) is 29.9. The predicted octanol–water partition coefficient (Wildman–Crippen LogP) is 6.51. The normalized spacial score (nSPS) is 15.6. The largest absolute Gasteiger partial charge is 0.444 e. The number of carbonyl (C=O) groups excluding carboxylic acids is 3. The number of nitrogens with one attached hydrogen (secondary N) is 1. The van der Waals surface area contributed by atoms with Crippen molar-refractivity contribution in [3.05, 3.63) is 71.7 Å². The molecule has 2 aliphatic heterocycles. The molecule has 0 saturated carbocycles. The Morgan fingerprint density at radius 1 is 0.925 bits per heavy atom. The fourth-order valence-electron chi connectivity index (χ4n) is 6.63. The van der Waals surface area contributed by atoms with E-state index in [1.165, 1.54) is 23.0 Å². The highest BCUT2D eigenvalue weighted by atomic mass is 19.3. The maximum absolute atomic E-state index is 14.9. The van der Waals surface area contributed by atoms with Gasteiger partial charge in [-0.25, -0.2) is 19.2 Å². The van der Waals surface area contributed by atoms with Crippen molar-refractivity contribution in [2.45, 2.75) is 59.2 Å². The maximum atomic E-state index is 14.9. The number of ether oxygens (including phenoxy) is 2. The van der Waals surface area contributed by atoms with Gasteiger partial charge in [0, 0.05) is 74.4 Å². The third kappa shape index (κ3) is 8.15. The lowest BCUT2D eigenvalue weighted by Gasteiger charge is -2.39. The Labute approximate surface area is 303 Å². The third-order valence-electron chi connectivity index (χ3n) is 9.32. The lowest BCUT2D eigenvalue weighted by atomic mass is 9.94. The number of piperidine rings is 1. The average molecular weight is 740 g/mol. The minimum Gasteiger partial charge on any atom is -0.444 e. The Morgan fingerprint density at radius 3 is 2.28 bits per heavy atom. The minimum absolute atomic E-state index is 0.0495. The summed E-state index contributed by atoms with van der Waals surface area (Å²) in [5.74, 6) is -3.78. The number of anilines is 2. The van der Waals surface area contributed by atoms with Crippen molar-refractivity contribution in [3.8, 4) is 17.0 Å². The van der Waals surface area contributed by atoms with Crippen LogP contribution in [0.5, 0.6) is 5.75 Å². The van der Waals surface area contributed by atoms with Gasteiger partial charge in [-0.15, -0.1) is 0 Å². The van der Waals surface area contributed by atoms with Gasteiger partial charge in [0.2, 0.25) is 11.7 Å². The number of carbonyl (C=O) groups is 3. The molecule has 4 heterocycles. The molecule has 2 fully saturated rings. The molecule has 0 radical (unpaired) electrons. The topological polar surface area (TPSA) is 122 Å². The minimum atomic E-state index is -3.31. The van der Waals surface area contributed by atoms with Gasteiger partial charge in [-0.05, 0) is 75.9 Å². The molecule has 16 heteroatoms. The summed E-state index contributed by atoms with van der Waals surface area (Å²) in [6, 6.07) is 7.38. The number of amides is 3.